The van der Waals surface area contributed by atoms with Crippen LogP contribution in [0.4, 0.5) is 5.69 Å². The van der Waals surface area contributed by atoms with Gasteiger partial charge in [-0.1, -0.05) is 13.0 Å². The van der Waals surface area contributed by atoms with E-state index in [2.05, 4.69) is 22.7 Å². The maximum Gasteiger partial charge on any atom is 0.210 e. The van der Waals surface area contributed by atoms with Crippen molar-refractivity contribution in [2.75, 3.05) is 25.6 Å². The van der Waals surface area contributed by atoms with Crippen LogP contribution >= 0.6 is 0 Å². The van der Waals surface area contributed by atoms with E-state index in [1.165, 1.54) is 0 Å². The van der Waals surface area contributed by atoms with Gasteiger partial charge in [0, 0.05) is 32.0 Å². The molecule has 1 rings (SSSR count). The number of hydrazine groups is 1. The van der Waals surface area contributed by atoms with Gasteiger partial charge in [-0.3, -0.25) is 10.4 Å². The Balaban J connectivity index is 2.61. The summed E-state index contributed by atoms with van der Waals surface area (Å²) in [5, 5.41) is 3.13. The summed E-state index contributed by atoms with van der Waals surface area (Å²) < 4.78 is 10.8. The molecule has 0 amide bonds. The second-order valence-corrected chi connectivity index (χ2v) is 4.71. The summed E-state index contributed by atoms with van der Waals surface area (Å²) in [6.45, 7) is 5.46. The van der Waals surface area contributed by atoms with Crippen LogP contribution in [0, 0.1) is 0 Å². The average Bonchev–Trinajstić information content (AvgIpc) is 2.50. The highest BCUT2D eigenvalue weighted by molar-refractivity contribution is 5.93. The molecule has 0 aliphatic carbocycles. The predicted octanol–water partition coefficient (Wildman–Crippen LogP) is 2.13. The number of ether oxygens (including phenoxy) is 2. The first-order valence-corrected chi connectivity index (χ1v) is 7.23. The minimum Gasteiger partial charge on any atom is -0.491 e. The van der Waals surface area contributed by atoms with Gasteiger partial charge in [0.05, 0.1) is 6.10 Å². The molecule has 6 nitrogen and oxygen atoms in total. The topological polar surface area (TPSA) is 80.9 Å². The molecular weight excluding hydrogens is 268 g/mol. The fourth-order valence-electron chi connectivity index (χ4n) is 1.62. The highest BCUT2D eigenvalue weighted by atomic mass is 16.5. The van der Waals surface area contributed by atoms with Crippen molar-refractivity contribution in [2.24, 2.45) is 10.8 Å². The largest absolute Gasteiger partial charge is 0.491 e. The Morgan fingerprint density at radius 2 is 2.24 bits per heavy atom. The zero-order chi connectivity index (χ0) is 15.5. The van der Waals surface area contributed by atoms with E-state index >= 15 is 0 Å². The average molecular weight is 294 g/mol. The molecule has 1 aromatic rings. The lowest BCUT2D eigenvalue weighted by atomic mass is 10.3. The van der Waals surface area contributed by atoms with Crippen LogP contribution in [0.5, 0.6) is 5.75 Å². The van der Waals surface area contributed by atoms with Gasteiger partial charge in [0.2, 0.25) is 5.96 Å². The molecule has 118 valence electrons. The molecule has 0 aliphatic heterocycles. The fourth-order valence-corrected chi connectivity index (χ4v) is 1.62. The summed E-state index contributed by atoms with van der Waals surface area (Å²) in [6.07, 6.45) is 2.00. The van der Waals surface area contributed by atoms with Crippen LogP contribution in [-0.4, -0.2) is 32.3 Å². The SMILES string of the molecule is CCC(C)Oc1cccc(NC(=NCCCOC)NN)c1. The van der Waals surface area contributed by atoms with Crippen molar-refractivity contribution in [3.8, 4) is 5.75 Å². The number of methoxy groups -OCH3 is 1. The van der Waals surface area contributed by atoms with Gasteiger partial charge in [-0.25, -0.2) is 5.84 Å². The van der Waals surface area contributed by atoms with Gasteiger partial charge in [0.1, 0.15) is 5.75 Å². The monoisotopic (exact) mass is 294 g/mol. The van der Waals surface area contributed by atoms with Gasteiger partial charge in [-0.05, 0) is 31.9 Å². The van der Waals surface area contributed by atoms with Gasteiger partial charge < -0.3 is 14.8 Å². The maximum absolute atomic E-state index is 5.78. The maximum atomic E-state index is 5.78. The number of hydrogen-bond acceptors (Lipinski definition) is 4. The van der Waals surface area contributed by atoms with E-state index in [-0.39, 0.29) is 6.10 Å². The zero-order valence-corrected chi connectivity index (χ0v) is 13.1. The predicted molar refractivity (Wildman–Crippen MR) is 86.6 cm³/mol. The van der Waals surface area contributed by atoms with Crippen LogP contribution in [0.3, 0.4) is 0 Å². The minimum atomic E-state index is 0.190. The Kier molecular flexibility index (Phi) is 8.23. The summed E-state index contributed by atoms with van der Waals surface area (Å²) >= 11 is 0. The molecule has 0 aromatic heterocycles. The molecule has 0 saturated carbocycles. The Hall–Kier alpha value is -1.79. The lowest BCUT2D eigenvalue weighted by Gasteiger charge is -2.14. The molecule has 0 spiro atoms. The molecule has 0 fully saturated rings. The second-order valence-electron chi connectivity index (χ2n) is 4.71. The van der Waals surface area contributed by atoms with Crippen molar-refractivity contribution in [2.45, 2.75) is 32.8 Å². The van der Waals surface area contributed by atoms with E-state index in [0.717, 1.165) is 24.3 Å². The second kappa shape index (κ2) is 10.0. The summed E-state index contributed by atoms with van der Waals surface area (Å²) in [5.41, 5.74) is 3.43. The molecule has 0 aliphatic rings. The Morgan fingerprint density at radius 3 is 2.90 bits per heavy atom. The van der Waals surface area contributed by atoms with E-state index < -0.39 is 0 Å². The Morgan fingerprint density at radius 1 is 1.43 bits per heavy atom. The third kappa shape index (κ3) is 6.97. The van der Waals surface area contributed by atoms with Crippen molar-refractivity contribution < 1.29 is 9.47 Å². The Labute approximate surface area is 126 Å². The van der Waals surface area contributed by atoms with Crippen LogP contribution in [0.1, 0.15) is 26.7 Å². The third-order valence-corrected chi connectivity index (χ3v) is 2.92. The molecular formula is C15H26N4O2. The van der Waals surface area contributed by atoms with E-state index in [9.17, 15) is 0 Å². The number of benzene rings is 1. The van der Waals surface area contributed by atoms with E-state index in [4.69, 9.17) is 15.3 Å². The summed E-state index contributed by atoms with van der Waals surface area (Å²) in [4.78, 5) is 4.33. The van der Waals surface area contributed by atoms with Gasteiger partial charge >= 0.3 is 0 Å². The quantitative estimate of drug-likeness (QED) is 0.225. The molecule has 4 N–H and O–H groups in total. The number of guanidine groups is 1. The van der Waals surface area contributed by atoms with Gasteiger partial charge in [-0.2, -0.15) is 0 Å². The molecule has 21 heavy (non-hydrogen) atoms. The van der Waals surface area contributed by atoms with Crippen LogP contribution in [0.25, 0.3) is 0 Å². The van der Waals surface area contributed by atoms with E-state index in [0.29, 0.717) is 19.1 Å². The summed E-state index contributed by atoms with van der Waals surface area (Å²) in [6, 6.07) is 7.72. The van der Waals surface area contributed by atoms with E-state index in [1.807, 2.05) is 31.2 Å². The summed E-state index contributed by atoms with van der Waals surface area (Å²) in [5.74, 6) is 6.81. The molecule has 1 atom stereocenters. The number of nitrogens with one attached hydrogen (secondary N) is 2. The molecule has 0 radical (unpaired) electrons. The van der Waals surface area contributed by atoms with Crippen molar-refractivity contribution in [1.29, 1.82) is 0 Å². The zero-order valence-electron chi connectivity index (χ0n) is 13.1. The molecule has 0 saturated heterocycles. The molecule has 0 heterocycles. The Bertz CT molecular complexity index is 437. The number of rotatable bonds is 8. The smallest absolute Gasteiger partial charge is 0.210 e. The van der Waals surface area contributed by atoms with Crippen molar-refractivity contribution in [3.05, 3.63) is 24.3 Å². The first kappa shape index (κ1) is 17.3. The highest BCUT2D eigenvalue weighted by Crippen LogP contribution is 2.19. The van der Waals surface area contributed by atoms with Crippen LogP contribution in [0.15, 0.2) is 29.3 Å². The van der Waals surface area contributed by atoms with E-state index in [1.54, 1.807) is 7.11 Å². The number of aliphatic imine (C=N–C) groups is 1. The lowest BCUT2D eigenvalue weighted by Crippen LogP contribution is -2.36. The molecule has 6 heteroatoms. The number of nitrogens with zero attached hydrogens (tertiary/aromatic N) is 1. The minimum absolute atomic E-state index is 0.190. The number of hydrogen-bond donors (Lipinski definition) is 3. The lowest BCUT2D eigenvalue weighted by molar-refractivity contribution is 0.197. The molecule has 0 bridgehead atoms. The van der Waals surface area contributed by atoms with Crippen LogP contribution in [-0.2, 0) is 4.74 Å². The van der Waals surface area contributed by atoms with Gasteiger partial charge in [0.15, 0.2) is 0 Å². The normalized spacial score (nSPS) is 12.9. The standard InChI is InChI=1S/C15H26N4O2/c1-4-12(2)21-14-8-5-7-13(11-14)18-15(19-16)17-9-6-10-20-3/h5,7-8,11-12H,4,6,9-10,16H2,1-3H3,(H2,17,18,19). The van der Waals surface area contributed by atoms with Crippen molar-refractivity contribution >= 4 is 11.6 Å². The van der Waals surface area contributed by atoms with Crippen molar-refractivity contribution in [1.82, 2.24) is 5.43 Å². The highest BCUT2D eigenvalue weighted by Gasteiger charge is 2.03. The summed E-state index contributed by atoms with van der Waals surface area (Å²) in [7, 11) is 1.67. The first-order valence-electron chi connectivity index (χ1n) is 7.23. The first-order chi connectivity index (χ1) is 10.2. The third-order valence-electron chi connectivity index (χ3n) is 2.92. The van der Waals surface area contributed by atoms with Gasteiger partial charge in [-0.15, -0.1) is 0 Å². The van der Waals surface area contributed by atoms with Crippen LogP contribution in [0.2, 0.25) is 0 Å². The van der Waals surface area contributed by atoms with Crippen LogP contribution < -0.4 is 21.3 Å². The fraction of sp³-hybridized carbons (Fsp3) is 0.533. The molecule has 1 unspecified atom stereocenters. The molecule has 1 aromatic carbocycles. The number of nitrogens with two attached hydrogens (primary N) is 1. The number of anilines is 1. The van der Waals surface area contributed by atoms with Crippen molar-refractivity contribution in [3.63, 3.8) is 0 Å². The van der Waals surface area contributed by atoms with Gasteiger partial charge in [0.25, 0.3) is 0 Å².